The van der Waals surface area contributed by atoms with Crippen LogP contribution in [0.4, 0.5) is 0 Å². The zero-order valence-electron chi connectivity index (χ0n) is 12.2. The van der Waals surface area contributed by atoms with Gasteiger partial charge in [0.05, 0.1) is 5.56 Å². The summed E-state index contributed by atoms with van der Waals surface area (Å²) in [6, 6.07) is 4.23. The maximum Gasteiger partial charge on any atom is 0.258 e. The van der Waals surface area contributed by atoms with Crippen LogP contribution in [0.15, 0.2) is 18.2 Å². The maximum absolute atomic E-state index is 12.7. The molecule has 1 unspecified atom stereocenters. The summed E-state index contributed by atoms with van der Waals surface area (Å²) in [6.07, 6.45) is 4.05. The second-order valence-electron chi connectivity index (χ2n) is 5.58. The topological polar surface area (TPSA) is 77.8 Å². The summed E-state index contributed by atoms with van der Waals surface area (Å²) in [5, 5.41) is 19.4. The number of phenolic OH excluding ortho intramolecular Hbond substituents is 2. The van der Waals surface area contributed by atoms with Crippen molar-refractivity contribution in [1.29, 1.82) is 0 Å². The molecule has 114 valence electrons. The molecule has 5 heteroatoms. The minimum atomic E-state index is -0.395. The summed E-state index contributed by atoms with van der Waals surface area (Å²) in [7, 11) is 0. The molecule has 5 nitrogen and oxygen atoms in total. The summed E-state index contributed by atoms with van der Waals surface area (Å²) in [4.78, 5) is 25.8. The number of aromatic hydroxyl groups is 2. The lowest BCUT2D eigenvalue weighted by molar-refractivity contribution is -0.118. The van der Waals surface area contributed by atoms with Gasteiger partial charge in [-0.3, -0.25) is 9.59 Å². The number of hydrogen-bond donors (Lipinski definition) is 2. The quantitative estimate of drug-likeness (QED) is 0.839. The highest BCUT2D eigenvalue weighted by molar-refractivity contribution is 5.98. The van der Waals surface area contributed by atoms with E-state index in [2.05, 4.69) is 0 Å². The van der Waals surface area contributed by atoms with Gasteiger partial charge in [-0.1, -0.05) is 18.9 Å². The molecule has 0 radical (unpaired) electrons. The minimum absolute atomic E-state index is 0.0554. The van der Waals surface area contributed by atoms with E-state index in [1.807, 2.05) is 0 Å². The number of nitrogens with zero attached hydrogens (tertiary/aromatic N) is 1. The number of rotatable bonds is 3. The molecule has 1 saturated heterocycles. The first-order valence-electron chi connectivity index (χ1n) is 7.32. The fraction of sp³-hybridized carbons (Fsp3) is 0.500. The maximum atomic E-state index is 12.7. The van der Waals surface area contributed by atoms with E-state index in [-0.39, 0.29) is 29.0 Å². The molecule has 1 heterocycles. The number of ketones is 1. The number of amides is 1. The molecule has 1 amide bonds. The number of carbonyl (C=O) groups is 2. The summed E-state index contributed by atoms with van der Waals surface area (Å²) in [5.74, 6) is -0.969. The smallest absolute Gasteiger partial charge is 0.258 e. The van der Waals surface area contributed by atoms with Crippen LogP contribution in [0.5, 0.6) is 11.5 Å². The molecule has 0 spiro atoms. The van der Waals surface area contributed by atoms with Crippen molar-refractivity contribution in [2.45, 2.75) is 45.1 Å². The zero-order chi connectivity index (χ0) is 15.4. The van der Waals surface area contributed by atoms with Crippen LogP contribution in [0.25, 0.3) is 0 Å². The number of hydrogen-bond acceptors (Lipinski definition) is 4. The summed E-state index contributed by atoms with van der Waals surface area (Å²) >= 11 is 0. The minimum Gasteiger partial charge on any atom is -0.504 e. The Morgan fingerprint density at radius 2 is 2.00 bits per heavy atom. The van der Waals surface area contributed by atoms with Gasteiger partial charge in [-0.15, -0.1) is 0 Å². The SMILES string of the molecule is CC(=O)CC1CCCCCN1C(=O)c1cccc(O)c1O. The summed E-state index contributed by atoms with van der Waals surface area (Å²) in [6.45, 7) is 2.10. The molecule has 1 atom stereocenters. The Kier molecular flexibility index (Phi) is 4.83. The molecule has 2 N–H and O–H groups in total. The van der Waals surface area contributed by atoms with Crippen LogP contribution in [-0.4, -0.2) is 39.4 Å². The molecule has 1 aliphatic rings. The van der Waals surface area contributed by atoms with E-state index in [9.17, 15) is 19.8 Å². The van der Waals surface area contributed by atoms with Gasteiger partial charge in [0.25, 0.3) is 5.91 Å². The van der Waals surface area contributed by atoms with Gasteiger partial charge >= 0.3 is 0 Å². The van der Waals surface area contributed by atoms with Crippen molar-refractivity contribution in [3.8, 4) is 11.5 Å². The standard InChI is InChI=1S/C16H21NO4/c1-11(18)10-12-6-3-2-4-9-17(12)16(21)13-7-5-8-14(19)15(13)20/h5,7-8,12,19-20H,2-4,6,9-10H2,1H3. The molecule has 2 rings (SSSR count). The van der Waals surface area contributed by atoms with E-state index in [0.29, 0.717) is 13.0 Å². The van der Waals surface area contributed by atoms with Gasteiger partial charge in [0.15, 0.2) is 11.5 Å². The van der Waals surface area contributed by atoms with Crippen LogP contribution in [0, 0.1) is 0 Å². The van der Waals surface area contributed by atoms with Gasteiger partial charge in [0.2, 0.25) is 0 Å². The van der Waals surface area contributed by atoms with Crippen LogP contribution in [0.1, 0.15) is 49.4 Å². The Labute approximate surface area is 124 Å². The monoisotopic (exact) mass is 291 g/mol. The molecule has 0 bridgehead atoms. The first-order chi connectivity index (χ1) is 10.0. The molecule has 0 aromatic heterocycles. The number of phenols is 2. The summed E-state index contributed by atoms with van der Waals surface area (Å²) < 4.78 is 0. The average molecular weight is 291 g/mol. The number of Topliss-reactive ketones (excluding diaryl/α,β-unsaturated/α-hetero) is 1. The molecule has 1 fully saturated rings. The second kappa shape index (κ2) is 6.61. The van der Waals surface area contributed by atoms with Gasteiger partial charge < -0.3 is 15.1 Å². The fourth-order valence-corrected chi connectivity index (χ4v) is 2.85. The third-order valence-corrected chi connectivity index (χ3v) is 3.91. The van der Waals surface area contributed by atoms with Gasteiger partial charge in [-0.05, 0) is 31.9 Å². The highest BCUT2D eigenvalue weighted by atomic mass is 16.3. The van der Waals surface area contributed by atoms with Gasteiger partial charge in [0.1, 0.15) is 5.78 Å². The number of likely N-dealkylation sites (tertiary alicyclic amines) is 1. The van der Waals surface area contributed by atoms with Crippen LogP contribution < -0.4 is 0 Å². The lowest BCUT2D eigenvalue weighted by atomic mass is 10.0. The van der Waals surface area contributed by atoms with E-state index in [0.717, 1.165) is 25.7 Å². The first-order valence-corrected chi connectivity index (χ1v) is 7.32. The Hall–Kier alpha value is -2.04. The Balaban J connectivity index is 2.28. The van der Waals surface area contributed by atoms with Crippen molar-refractivity contribution in [2.24, 2.45) is 0 Å². The highest BCUT2D eigenvalue weighted by Crippen LogP contribution is 2.31. The molecule has 1 aromatic rings. The number of para-hydroxylation sites is 1. The van der Waals surface area contributed by atoms with E-state index in [1.165, 1.54) is 25.1 Å². The van der Waals surface area contributed by atoms with Crippen molar-refractivity contribution < 1.29 is 19.8 Å². The van der Waals surface area contributed by atoms with Crippen molar-refractivity contribution in [3.05, 3.63) is 23.8 Å². The van der Waals surface area contributed by atoms with E-state index >= 15 is 0 Å². The first kappa shape index (κ1) is 15.4. The van der Waals surface area contributed by atoms with Crippen molar-refractivity contribution >= 4 is 11.7 Å². The van der Waals surface area contributed by atoms with E-state index in [1.54, 1.807) is 4.90 Å². The number of carbonyl (C=O) groups excluding carboxylic acids is 2. The highest BCUT2D eigenvalue weighted by Gasteiger charge is 2.29. The van der Waals surface area contributed by atoms with Crippen LogP contribution in [0.3, 0.4) is 0 Å². The lowest BCUT2D eigenvalue weighted by Gasteiger charge is -2.29. The Morgan fingerprint density at radius 3 is 2.71 bits per heavy atom. The van der Waals surface area contributed by atoms with Gasteiger partial charge in [-0.2, -0.15) is 0 Å². The van der Waals surface area contributed by atoms with Gasteiger partial charge in [-0.25, -0.2) is 0 Å². The third-order valence-electron chi connectivity index (χ3n) is 3.91. The van der Waals surface area contributed by atoms with Crippen LogP contribution in [0.2, 0.25) is 0 Å². The molecule has 21 heavy (non-hydrogen) atoms. The average Bonchev–Trinajstić information content (AvgIpc) is 2.66. The fourth-order valence-electron chi connectivity index (χ4n) is 2.85. The second-order valence-corrected chi connectivity index (χ2v) is 5.58. The van der Waals surface area contributed by atoms with Crippen LogP contribution in [-0.2, 0) is 4.79 Å². The Bertz CT molecular complexity index is 541. The van der Waals surface area contributed by atoms with Crippen LogP contribution >= 0.6 is 0 Å². The molecule has 0 aliphatic carbocycles. The zero-order valence-corrected chi connectivity index (χ0v) is 12.2. The largest absolute Gasteiger partial charge is 0.504 e. The van der Waals surface area contributed by atoms with E-state index in [4.69, 9.17) is 0 Å². The van der Waals surface area contributed by atoms with Crippen molar-refractivity contribution in [2.75, 3.05) is 6.54 Å². The molecule has 0 saturated carbocycles. The lowest BCUT2D eigenvalue weighted by Crippen LogP contribution is -2.41. The van der Waals surface area contributed by atoms with Gasteiger partial charge in [0, 0.05) is 19.0 Å². The molecule has 1 aliphatic heterocycles. The third kappa shape index (κ3) is 3.54. The number of benzene rings is 1. The predicted molar refractivity (Wildman–Crippen MR) is 78.4 cm³/mol. The van der Waals surface area contributed by atoms with Crippen molar-refractivity contribution in [3.63, 3.8) is 0 Å². The molecular formula is C16H21NO4. The molecule has 1 aromatic carbocycles. The normalized spacial score (nSPS) is 19.1. The molecular weight excluding hydrogens is 270 g/mol. The van der Waals surface area contributed by atoms with E-state index < -0.39 is 5.75 Å². The predicted octanol–water partition coefficient (Wildman–Crippen LogP) is 2.46. The Morgan fingerprint density at radius 1 is 1.24 bits per heavy atom. The summed E-state index contributed by atoms with van der Waals surface area (Å²) in [5.41, 5.74) is 0.0884. The van der Waals surface area contributed by atoms with Crippen molar-refractivity contribution in [1.82, 2.24) is 4.90 Å².